The van der Waals surface area contributed by atoms with Gasteiger partial charge in [-0.1, -0.05) is 32.0 Å². The Morgan fingerprint density at radius 1 is 1.06 bits per heavy atom. The van der Waals surface area contributed by atoms with E-state index in [1.54, 1.807) is 26.4 Å². The average Bonchev–Trinajstić information content (AvgIpc) is 3.06. The van der Waals surface area contributed by atoms with E-state index in [1.165, 1.54) is 0 Å². The Morgan fingerprint density at radius 2 is 1.75 bits per heavy atom. The molecular weight excluding hydrogens is 410 g/mol. The summed E-state index contributed by atoms with van der Waals surface area (Å²) in [5.41, 5.74) is 2.59. The van der Waals surface area contributed by atoms with Crippen LogP contribution in [0.5, 0.6) is 11.5 Å². The van der Waals surface area contributed by atoms with Crippen LogP contribution in [0.25, 0.3) is 0 Å². The third-order valence-corrected chi connectivity index (χ3v) is 5.41. The monoisotopic (exact) mass is 439 g/mol. The lowest BCUT2D eigenvalue weighted by Gasteiger charge is -2.14. The van der Waals surface area contributed by atoms with Crippen LogP contribution in [-0.4, -0.2) is 44.7 Å². The van der Waals surface area contributed by atoms with Crippen molar-refractivity contribution < 1.29 is 23.9 Å². The third-order valence-electron chi connectivity index (χ3n) is 5.41. The van der Waals surface area contributed by atoms with Crippen LogP contribution >= 0.6 is 0 Å². The lowest BCUT2D eigenvalue weighted by atomic mass is 10.0. The zero-order valence-corrected chi connectivity index (χ0v) is 18.8. The van der Waals surface area contributed by atoms with Crippen LogP contribution in [0.3, 0.4) is 0 Å². The SMILES string of the molecule is COc1ccc(CCNC(=O)C[C@@H]2NC(=O)N(c3ccc(C(C)C)cc3)C2=O)cc1OC. The van der Waals surface area contributed by atoms with E-state index in [0.717, 1.165) is 16.0 Å². The molecule has 2 N–H and O–H groups in total. The number of benzene rings is 2. The van der Waals surface area contributed by atoms with Crippen LogP contribution in [0, 0.1) is 0 Å². The molecule has 1 aliphatic heterocycles. The normalized spacial score (nSPS) is 15.7. The molecule has 1 fully saturated rings. The summed E-state index contributed by atoms with van der Waals surface area (Å²) in [7, 11) is 3.14. The minimum atomic E-state index is -0.881. The molecule has 2 aromatic rings. The molecule has 1 atom stereocenters. The molecule has 0 aromatic heterocycles. The van der Waals surface area contributed by atoms with Gasteiger partial charge in [-0.05, 0) is 47.7 Å². The third kappa shape index (κ3) is 5.19. The molecule has 0 unspecified atom stereocenters. The van der Waals surface area contributed by atoms with Crippen molar-refractivity contribution in [3.8, 4) is 11.5 Å². The van der Waals surface area contributed by atoms with Crippen LogP contribution in [0.2, 0.25) is 0 Å². The topological polar surface area (TPSA) is 97.0 Å². The fraction of sp³-hybridized carbons (Fsp3) is 0.375. The number of nitrogens with zero attached hydrogens (tertiary/aromatic N) is 1. The van der Waals surface area contributed by atoms with E-state index in [2.05, 4.69) is 24.5 Å². The van der Waals surface area contributed by atoms with E-state index in [9.17, 15) is 14.4 Å². The summed E-state index contributed by atoms with van der Waals surface area (Å²) in [5, 5.41) is 5.40. The molecule has 8 nitrogen and oxygen atoms in total. The van der Waals surface area contributed by atoms with Crippen molar-refractivity contribution in [2.24, 2.45) is 0 Å². The average molecular weight is 440 g/mol. The molecule has 8 heteroatoms. The minimum absolute atomic E-state index is 0.114. The van der Waals surface area contributed by atoms with Crippen molar-refractivity contribution in [3.63, 3.8) is 0 Å². The molecule has 2 aromatic carbocycles. The Kier molecular flexibility index (Phi) is 7.35. The predicted octanol–water partition coefficient (Wildman–Crippen LogP) is 3.00. The van der Waals surface area contributed by atoms with Crippen LogP contribution in [0.15, 0.2) is 42.5 Å². The quantitative estimate of drug-likeness (QED) is 0.586. The number of carbonyl (C=O) groups excluding carboxylic acids is 3. The lowest BCUT2D eigenvalue weighted by molar-refractivity contribution is -0.125. The summed E-state index contributed by atoms with van der Waals surface area (Å²) in [6.45, 7) is 4.54. The first-order valence-electron chi connectivity index (χ1n) is 10.6. The number of nitrogens with one attached hydrogen (secondary N) is 2. The smallest absolute Gasteiger partial charge is 0.329 e. The first-order chi connectivity index (χ1) is 15.3. The van der Waals surface area contributed by atoms with Gasteiger partial charge in [0.15, 0.2) is 11.5 Å². The number of hydrogen-bond acceptors (Lipinski definition) is 5. The van der Waals surface area contributed by atoms with Gasteiger partial charge in [0, 0.05) is 6.54 Å². The number of urea groups is 1. The van der Waals surface area contributed by atoms with E-state index in [0.29, 0.717) is 36.1 Å². The molecule has 0 spiro atoms. The summed E-state index contributed by atoms with van der Waals surface area (Å²) < 4.78 is 10.5. The highest BCUT2D eigenvalue weighted by molar-refractivity contribution is 6.22. The zero-order chi connectivity index (χ0) is 23.3. The summed E-state index contributed by atoms with van der Waals surface area (Å²) >= 11 is 0. The molecule has 3 rings (SSSR count). The summed E-state index contributed by atoms with van der Waals surface area (Å²) in [6.07, 6.45) is 0.475. The second-order valence-electron chi connectivity index (χ2n) is 7.92. The minimum Gasteiger partial charge on any atom is -0.493 e. The second kappa shape index (κ2) is 10.2. The first kappa shape index (κ1) is 23.1. The molecular formula is C24H29N3O5. The largest absolute Gasteiger partial charge is 0.493 e. The molecule has 1 aliphatic rings. The van der Waals surface area contributed by atoms with Crippen molar-refractivity contribution in [1.29, 1.82) is 0 Å². The van der Waals surface area contributed by atoms with E-state index < -0.39 is 18.0 Å². The van der Waals surface area contributed by atoms with Gasteiger partial charge in [0.25, 0.3) is 5.91 Å². The number of anilines is 1. The van der Waals surface area contributed by atoms with Crippen LogP contribution < -0.4 is 25.0 Å². The highest BCUT2D eigenvalue weighted by Crippen LogP contribution is 2.27. The van der Waals surface area contributed by atoms with Gasteiger partial charge in [-0.25, -0.2) is 9.69 Å². The Bertz CT molecular complexity index is 988. The van der Waals surface area contributed by atoms with Gasteiger partial charge in [-0.15, -0.1) is 0 Å². The molecule has 1 saturated heterocycles. The van der Waals surface area contributed by atoms with Crippen LogP contribution in [-0.2, 0) is 16.0 Å². The molecule has 170 valence electrons. The van der Waals surface area contributed by atoms with Gasteiger partial charge in [0.05, 0.1) is 26.3 Å². The molecule has 0 saturated carbocycles. The Balaban J connectivity index is 1.53. The number of amides is 4. The maximum atomic E-state index is 12.7. The maximum absolute atomic E-state index is 12.7. The van der Waals surface area contributed by atoms with Gasteiger partial charge in [0.2, 0.25) is 5.91 Å². The van der Waals surface area contributed by atoms with E-state index in [1.807, 2.05) is 30.3 Å². The fourth-order valence-corrected chi connectivity index (χ4v) is 3.56. The molecule has 0 aliphatic carbocycles. The molecule has 0 bridgehead atoms. The van der Waals surface area contributed by atoms with Crippen molar-refractivity contribution >= 4 is 23.5 Å². The van der Waals surface area contributed by atoms with Gasteiger partial charge in [0.1, 0.15) is 6.04 Å². The Morgan fingerprint density at radius 3 is 2.38 bits per heavy atom. The maximum Gasteiger partial charge on any atom is 0.329 e. The number of rotatable bonds is 9. The second-order valence-corrected chi connectivity index (χ2v) is 7.92. The Hall–Kier alpha value is -3.55. The summed E-state index contributed by atoms with van der Waals surface area (Å²) in [6, 6.07) is 11.5. The number of hydrogen-bond donors (Lipinski definition) is 2. The van der Waals surface area contributed by atoms with Gasteiger partial charge in [-0.2, -0.15) is 0 Å². The van der Waals surface area contributed by atoms with Crippen molar-refractivity contribution in [3.05, 3.63) is 53.6 Å². The van der Waals surface area contributed by atoms with E-state index >= 15 is 0 Å². The van der Waals surface area contributed by atoms with E-state index in [-0.39, 0.29) is 12.3 Å². The number of methoxy groups -OCH3 is 2. The molecule has 0 radical (unpaired) electrons. The van der Waals surface area contributed by atoms with Gasteiger partial charge >= 0.3 is 6.03 Å². The summed E-state index contributed by atoms with van der Waals surface area (Å²) in [5.74, 6) is 0.877. The lowest BCUT2D eigenvalue weighted by Crippen LogP contribution is -2.37. The highest BCUT2D eigenvalue weighted by Gasteiger charge is 2.40. The zero-order valence-electron chi connectivity index (χ0n) is 18.8. The molecule has 1 heterocycles. The van der Waals surface area contributed by atoms with E-state index in [4.69, 9.17) is 9.47 Å². The molecule has 32 heavy (non-hydrogen) atoms. The van der Waals surface area contributed by atoms with Crippen molar-refractivity contribution in [1.82, 2.24) is 10.6 Å². The number of ether oxygens (including phenoxy) is 2. The first-order valence-corrected chi connectivity index (χ1v) is 10.6. The predicted molar refractivity (Wildman–Crippen MR) is 121 cm³/mol. The van der Waals surface area contributed by atoms with Gasteiger partial charge < -0.3 is 20.1 Å². The molecule has 4 amide bonds. The fourth-order valence-electron chi connectivity index (χ4n) is 3.56. The Labute approximate surface area is 187 Å². The number of carbonyl (C=O) groups is 3. The van der Waals surface area contributed by atoms with Crippen LogP contribution in [0.1, 0.15) is 37.3 Å². The highest BCUT2D eigenvalue weighted by atomic mass is 16.5. The summed E-state index contributed by atoms with van der Waals surface area (Å²) in [4.78, 5) is 38.5. The van der Waals surface area contributed by atoms with Crippen LogP contribution in [0.4, 0.5) is 10.5 Å². The standard InChI is InChI=1S/C24H29N3O5/c1-15(2)17-6-8-18(9-7-17)27-23(29)19(26-24(27)30)14-22(28)25-12-11-16-5-10-20(31-3)21(13-16)32-4/h5-10,13,15,19H,11-12,14H2,1-4H3,(H,25,28)(H,26,30)/t19-/m0/s1. The number of imide groups is 1. The van der Waals surface area contributed by atoms with Crippen molar-refractivity contribution in [2.75, 3.05) is 25.7 Å². The van der Waals surface area contributed by atoms with Gasteiger partial charge in [-0.3, -0.25) is 9.59 Å². The van der Waals surface area contributed by atoms with Crippen molar-refractivity contribution in [2.45, 2.75) is 38.6 Å².